The Labute approximate surface area is 129 Å². The molecule has 0 aromatic carbocycles. The maximum Gasteiger partial charge on any atom is 0.408 e. The Morgan fingerprint density at radius 1 is 0.955 bits per heavy atom. The standard InChI is InChI=1S/C14H23NO7/c1-13(2,3)21-9(17)7-8(16)10(11(18)19)15-12(20)22-14(4,5)6/h10H,7H2,1-6H3,(H,15,20)(H,18,19). The molecule has 8 heteroatoms. The molecule has 126 valence electrons. The highest BCUT2D eigenvalue weighted by atomic mass is 16.6. The zero-order valence-electron chi connectivity index (χ0n) is 13.7. The first kappa shape index (κ1) is 19.9. The summed E-state index contributed by atoms with van der Waals surface area (Å²) in [6.07, 6.45) is -1.82. The number of nitrogens with one attached hydrogen (secondary N) is 1. The fraction of sp³-hybridized carbons (Fsp3) is 0.714. The van der Waals surface area contributed by atoms with Gasteiger partial charge in [0.25, 0.3) is 0 Å². The molecule has 0 aromatic rings. The van der Waals surface area contributed by atoms with Crippen LogP contribution in [0.5, 0.6) is 0 Å². The lowest BCUT2D eigenvalue weighted by Crippen LogP contribution is -2.48. The highest BCUT2D eigenvalue weighted by molar-refractivity contribution is 6.10. The monoisotopic (exact) mass is 317 g/mol. The third-order valence-electron chi connectivity index (χ3n) is 1.97. The number of ketones is 1. The summed E-state index contributed by atoms with van der Waals surface area (Å²) in [5.74, 6) is -3.44. The van der Waals surface area contributed by atoms with E-state index in [0.717, 1.165) is 0 Å². The zero-order chi connectivity index (χ0) is 17.7. The number of carbonyl (C=O) groups is 4. The number of aliphatic carboxylic acids is 1. The van der Waals surface area contributed by atoms with Crippen LogP contribution in [0.25, 0.3) is 0 Å². The second kappa shape index (κ2) is 7.24. The molecule has 0 aromatic heterocycles. The van der Waals surface area contributed by atoms with Gasteiger partial charge in [-0.3, -0.25) is 9.59 Å². The van der Waals surface area contributed by atoms with E-state index in [0.29, 0.717) is 0 Å². The number of carbonyl (C=O) groups excluding carboxylic acids is 3. The average molecular weight is 317 g/mol. The Morgan fingerprint density at radius 3 is 1.77 bits per heavy atom. The Kier molecular flexibility index (Phi) is 6.54. The molecule has 0 heterocycles. The van der Waals surface area contributed by atoms with Crippen LogP contribution in [0, 0.1) is 0 Å². The first-order valence-corrected chi connectivity index (χ1v) is 6.68. The van der Waals surface area contributed by atoms with Gasteiger partial charge >= 0.3 is 18.0 Å². The summed E-state index contributed by atoms with van der Waals surface area (Å²) in [4.78, 5) is 46.0. The molecule has 0 bridgehead atoms. The van der Waals surface area contributed by atoms with E-state index in [-0.39, 0.29) is 0 Å². The quantitative estimate of drug-likeness (QED) is 0.578. The lowest BCUT2D eigenvalue weighted by molar-refractivity contribution is -0.157. The molecule has 2 N–H and O–H groups in total. The van der Waals surface area contributed by atoms with Gasteiger partial charge in [-0.1, -0.05) is 0 Å². The van der Waals surface area contributed by atoms with Crippen LogP contribution >= 0.6 is 0 Å². The number of ether oxygens (including phenoxy) is 2. The molecule has 0 fully saturated rings. The fourth-order valence-corrected chi connectivity index (χ4v) is 1.33. The molecule has 1 unspecified atom stereocenters. The molecule has 22 heavy (non-hydrogen) atoms. The van der Waals surface area contributed by atoms with Gasteiger partial charge in [-0.2, -0.15) is 0 Å². The number of hydrogen-bond acceptors (Lipinski definition) is 6. The highest BCUT2D eigenvalue weighted by Gasteiger charge is 2.32. The van der Waals surface area contributed by atoms with Crippen LogP contribution < -0.4 is 5.32 Å². The number of esters is 1. The molecule has 0 saturated heterocycles. The van der Waals surface area contributed by atoms with Crippen LogP contribution in [0.1, 0.15) is 48.0 Å². The van der Waals surface area contributed by atoms with Gasteiger partial charge in [0.1, 0.15) is 17.6 Å². The largest absolute Gasteiger partial charge is 0.479 e. The topological polar surface area (TPSA) is 119 Å². The number of hydrogen-bond donors (Lipinski definition) is 2. The molecule has 0 aliphatic heterocycles. The van der Waals surface area contributed by atoms with E-state index in [4.69, 9.17) is 14.6 Å². The van der Waals surface area contributed by atoms with Crippen molar-refractivity contribution in [2.75, 3.05) is 0 Å². The number of carboxylic acid groups (broad SMARTS) is 1. The van der Waals surface area contributed by atoms with Crippen LogP contribution in [-0.4, -0.2) is 46.2 Å². The summed E-state index contributed by atoms with van der Waals surface area (Å²) < 4.78 is 9.80. The Morgan fingerprint density at radius 2 is 1.41 bits per heavy atom. The van der Waals surface area contributed by atoms with E-state index in [1.54, 1.807) is 41.5 Å². The molecule has 0 saturated carbocycles. The summed E-state index contributed by atoms with van der Waals surface area (Å²) in [6.45, 7) is 9.61. The van der Waals surface area contributed by atoms with E-state index in [1.807, 2.05) is 5.32 Å². The molecule has 0 rings (SSSR count). The number of carboxylic acids is 1. The molecule has 1 amide bonds. The summed E-state index contributed by atoms with van der Waals surface area (Å²) >= 11 is 0. The summed E-state index contributed by atoms with van der Waals surface area (Å²) in [7, 11) is 0. The van der Waals surface area contributed by atoms with Crippen molar-refractivity contribution in [3.8, 4) is 0 Å². The van der Waals surface area contributed by atoms with E-state index in [9.17, 15) is 19.2 Å². The zero-order valence-corrected chi connectivity index (χ0v) is 13.7. The first-order valence-electron chi connectivity index (χ1n) is 6.68. The van der Waals surface area contributed by atoms with Gasteiger partial charge in [0.2, 0.25) is 0 Å². The second-order valence-corrected chi connectivity index (χ2v) is 6.65. The van der Waals surface area contributed by atoms with Crippen molar-refractivity contribution in [1.82, 2.24) is 5.32 Å². The van der Waals surface area contributed by atoms with Crippen LogP contribution in [0.2, 0.25) is 0 Å². The van der Waals surface area contributed by atoms with Crippen molar-refractivity contribution in [2.24, 2.45) is 0 Å². The molecule has 0 aliphatic carbocycles. The smallest absolute Gasteiger partial charge is 0.408 e. The van der Waals surface area contributed by atoms with Crippen molar-refractivity contribution in [3.63, 3.8) is 0 Å². The minimum atomic E-state index is -1.87. The Balaban J connectivity index is 4.76. The lowest BCUT2D eigenvalue weighted by Gasteiger charge is -2.22. The van der Waals surface area contributed by atoms with E-state index < -0.39 is 47.5 Å². The van der Waals surface area contributed by atoms with Crippen molar-refractivity contribution in [2.45, 2.75) is 65.2 Å². The summed E-state index contributed by atoms with van der Waals surface area (Å²) in [6, 6.07) is -1.87. The van der Waals surface area contributed by atoms with Crippen LogP contribution in [0.4, 0.5) is 4.79 Å². The summed E-state index contributed by atoms with van der Waals surface area (Å²) in [5.41, 5.74) is -1.64. The minimum Gasteiger partial charge on any atom is -0.479 e. The number of amides is 1. The SMILES string of the molecule is CC(C)(C)OC(=O)CC(=O)C(NC(=O)OC(C)(C)C)C(=O)O. The Hall–Kier alpha value is -2.12. The second-order valence-electron chi connectivity index (χ2n) is 6.65. The molecule has 8 nitrogen and oxygen atoms in total. The molecular weight excluding hydrogens is 294 g/mol. The summed E-state index contributed by atoms with van der Waals surface area (Å²) in [5, 5.41) is 10.9. The van der Waals surface area contributed by atoms with E-state index in [1.165, 1.54) is 0 Å². The molecular formula is C14H23NO7. The normalized spacial score (nSPS) is 13.0. The van der Waals surface area contributed by atoms with Crippen LogP contribution in [0.3, 0.4) is 0 Å². The maximum absolute atomic E-state index is 11.8. The molecule has 1 atom stereocenters. The van der Waals surface area contributed by atoms with Gasteiger partial charge < -0.3 is 19.9 Å². The molecule has 0 radical (unpaired) electrons. The third-order valence-corrected chi connectivity index (χ3v) is 1.97. The van der Waals surface area contributed by atoms with Crippen LogP contribution in [-0.2, 0) is 23.9 Å². The number of rotatable bonds is 5. The van der Waals surface area contributed by atoms with Gasteiger partial charge in [-0.25, -0.2) is 9.59 Å². The fourth-order valence-electron chi connectivity index (χ4n) is 1.33. The third kappa shape index (κ3) is 8.93. The average Bonchev–Trinajstić information content (AvgIpc) is 2.19. The minimum absolute atomic E-state index is 0.760. The van der Waals surface area contributed by atoms with Gasteiger partial charge in [-0.05, 0) is 41.5 Å². The number of alkyl carbamates (subject to hydrolysis) is 1. The van der Waals surface area contributed by atoms with Crippen molar-refractivity contribution in [1.29, 1.82) is 0 Å². The van der Waals surface area contributed by atoms with Crippen molar-refractivity contribution >= 4 is 23.8 Å². The van der Waals surface area contributed by atoms with E-state index >= 15 is 0 Å². The van der Waals surface area contributed by atoms with E-state index in [2.05, 4.69) is 0 Å². The highest BCUT2D eigenvalue weighted by Crippen LogP contribution is 2.10. The van der Waals surface area contributed by atoms with Crippen molar-refractivity contribution < 1.29 is 33.8 Å². The molecule has 0 aliphatic rings. The predicted molar refractivity (Wildman–Crippen MR) is 76.3 cm³/mol. The van der Waals surface area contributed by atoms with Crippen molar-refractivity contribution in [3.05, 3.63) is 0 Å². The van der Waals surface area contributed by atoms with Crippen LogP contribution in [0.15, 0.2) is 0 Å². The Bertz CT molecular complexity index is 457. The maximum atomic E-state index is 11.8. The predicted octanol–water partition coefficient (Wildman–Crippen LogP) is 1.27. The lowest BCUT2D eigenvalue weighted by atomic mass is 10.1. The van der Waals surface area contributed by atoms with Gasteiger partial charge in [0.05, 0.1) is 0 Å². The number of Topliss-reactive ketones (excluding diaryl/α,β-unsaturated/α-hetero) is 1. The van der Waals surface area contributed by atoms with Gasteiger partial charge in [0, 0.05) is 0 Å². The van der Waals surface area contributed by atoms with Gasteiger partial charge in [0.15, 0.2) is 11.8 Å². The van der Waals surface area contributed by atoms with Gasteiger partial charge in [-0.15, -0.1) is 0 Å². The first-order chi connectivity index (χ1) is 9.71. The molecule has 0 spiro atoms.